The highest BCUT2D eigenvalue weighted by Crippen LogP contribution is 2.18. The molecule has 1 saturated heterocycles. The summed E-state index contributed by atoms with van der Waals surface area (Å²) in [7, 11) is 1.59. The second-order valence-electron chi connectivity index (χ2n) is 4.62. The molecule has 2 rings (SSSR count). The first-order chi connectivity index (χ1) is 9.11. The third-order valence-corrected chi connectivity index (χ3v) is 3.30. The number of likely N-dealkylation sites (tertiary alicyclic amines) is 1. The van der Waals surface area contributed by atoms with E-state index in [9.17, 15) is 9.59 Å². The van der Waals surface area contributed by atoms with Crippen molar-refractivity contribution >= 4 is 17.5 Å². The molecule has 2 heterocycles. The van der Waals surface area contributed by atoms with E-state index in [0.717, 1.165) is 12.8 Å². The van der Waals surface area contributed by atoms with Crippen LogP contribution in [0.4, 0.5) is 5.69 Å². The molecule has 1 aromatic rings. The van der Waals surface area contributed by atoms with E-state index in [1.807, 2.05) is 0 Å². The molecule has 1 atom stereocenters. The first kappa shape index (κ1) is 13.3. The van der Waals surface area contributed by atoms with Crippen LogP contribution < -0.4 is 11.1 Å². The van der Waals surface area contributed by atoms with Crippen LogP contribution in [-0.4, -0.2) is 41.3 Å². The zero-order valence-electron chi connectivity index (χ0n) is 10.9. The number of nitrogens with two attached hydrogens (primary N) is 1. The molecule has 102 valence electrons. The Morgan fingerprint density at radius 3 is 2.95 bits per heavy atom. The quantitative estimate of drug-likeness (QED) is 0.799. The predicted molar refractivity (Wildman–Crippen MR) is 71.2 cm³/mol. The van der Waals surface area contributed by atoms with Crippen LogP contribution in [-0.2, 0) is 16.0 Å². The standard InChI is InChI=1S/C13H18N4O2/c1-15-13(19)11-3-2-6-17(11)12(18)7-10-5-4-9(14)8-16-10/h4-5,8,11H,2-3,6-7,14H2,1H3,(H,15,19). The minimum Gasteiger partial charge on any atom is -0.397 e. The number of pyridine rings is 1. The topological polar surface area (TPSA) is 88.3 Å². The third kappa shape index (κ3) is 3.01. The number of nitrogen functional groups attached to an aromatic ring is 1. The number of aromatic nitrogens is 1. The van der Waals surface area contributed by atoms with Gasteiger partial charge in [-0.25, -0.2) is 0 Å². The van der Waals surface area contributed by atoms with Crippen molar-refractivity contribution in [1.82, 2.24) is 15.2 Å². The molecular weight excluding hydrogens is 244 g/mol. The van der Waals surface area contributed by atoms with Gasteiger partial charge in [-0.1, -0.05) is 0 Å². The monoisotopic (exact) mass is 262 g/mol. The highest BCUT2D eigenvalue weighted by molar-refractivity contribution is 5.88. The summed E-state index contributed by atoms with van der Waals surface area (Å²) < 4.78 is 0. The fourth-order valence-corrected chi connectivity index (χ4v) is 2.30. The highest BCUT2D eigenvalue weighted by atomic mass is 16.2. The first-order valence-electron chi connectivity index (χ1n) is 6.33. The van der Waals surface area contributed by atoms with Gasteiger partial charge in [0.2, 0.25) is 11.8 Å². The molecular formula is C13H18N4O2. The van der Waals surface area contributed by atoms with E-state index in [-0.39, 0.29) is 24.3 Å². The van der Waals surface area contributed by atoms with E-state index in [1.54, 1.807) is 24.1 Å². The molecule has 0 bridgehead atoms. The molecule has 0 spiro atoms. The van der Waals surface area contributed by atoms with E-state index in [1.165, 1.54) is 6.20 Å². The fraction of sp³-hybridized carbons (Fsp3) is 0.462. The molecule has 1 aliphatic rings. The van der Waals surface area contributed by atoms with Crippen molar-refractivity contribution in [3.05, 3.63) is 24.0 Å². The molecule has 6 heteroatoms. The Morgan fingerprint density at radius 1 is 1.53 bits per heavy atom. The van der Waals surface area contributed by atoms with E-state index >= 15 is 0 Å². The van der Waals surface area contributed by atoms with Crippen molar-refractivity contribution in [3.8, 4) is 0 Å². The van der Waals surface area contributed by atoms with E-state index < -0.39 is 0 Å². The summed E-state index contributed by atoms with van der Waals surface area (Å²) in [6, 6.07) is 3.11. The number of nitrogens with zero attached hydrogens (tertiary/aromatic N) is 2. The largest absolute Gasteiger partial charge is 0.397 e. The zero-order valence-corrected chi connectivity index (χ0v) is 10.9. The Bertz CT molecular complexity index is 472. The maximum atomic E-state index is 12.2. The van der Waals surface area contributed by atoms with Gasteiger partial charge in [-0.3, -0.25) is 14.6 Å². The average molecular weight is 262 g/mol. The molecule has 2 amide bonds. The first-order valence-corrected chi connectivity index (χ1v) is 6.33. The summed E-state index contributed by atoms with van der Waals surface area (Å²) >= 11 is 0. The summed E-state index contributed by atoms with van der Waals surface area (Å²) in [6.45, 7) is 0.631. The van der Waals surface area contributed by atoms with Crippen LogP contribution in [0.1, 0.15) is 18.5 Å². The molecule has 6 nitrogen and oxygen atoms in total. The van der Waals surface area contributed by atoms with E-state index in [2.05, 4.69) is 10.3 Å². The molecule has 1 unspecified atom stereocenters. The van der Waals surface area contributed by atoms with Crippen LogP contribution in [0.15, 0.2) is 18.3 Å². The fourth-order valence-electron chi connectivity index (χ4n) is 2.30. The van der Waals surface area contributed by atoms with Crippen molar-refractivity contribution < 1.29 is 9.59 Å². The van der Waals surface area contributed by atoms with Crippen LogP contribution >= 0.6 is 0 Å². The van der Waals surface area contributed by atoms with Gasteiger partial charge in [-0.05, 0) is 25.0 Å². The Balaban J connectivity index is 2.03. The second-order valence-corrected chi connectivity index (χ2v) is 4.62. The summed E-state index contributed by atoms with van der Waals surface area (Å²) in [5, 5.41) is 2.60. The molecule has 1 fully saturated rings. The number of likely N-dealkylation sites (N-methyl/N-ethyl adjacent to an activating group) is 1. The normalized spacial score (nSPS) is 18.4. The molecule has 0 radical (unpaired) electrons. The SMILES string of the molecule is CNC(=O)C1CCCN1C(=O)Cc1ccc(N)cn1. The predicted octanol–water partition coefficient (Wildman–Crippen LogP) is -0.0567. The van der Waals surface area contributed by atoms with Gasteiger partial charge < -0.3 is 16.0 Å². The van der Waals surface area contributed by atoms with Gasteiger partial charge in [0, 0.05) is 19.3 Å². The number of carbonyl (C=O) groups excluding carboxylic acids is 2. The molecule has 1 aliphatic heterocycles. The lowest BCUT2D eigenvalue weighted by atomic mass is 10.2. The molecule has 1 aromatic heterocycles. The lowest BCUT2D eigenvalue weighted by Gasteiger charge is -2.23. The zero-order chi connectivity index (χ0) is 13.8. The molecule has 3 N–H and O–H groups in total. The molecule has 0 aliphatic carbocycles. The minimum absolute atomic E-state index is 0.0663. The Hall–Kier alpha value is -2.11. The Labute approximate surface area is 112 Å². The van der Waals surface area contributed by atoms with Gasteiger partial charge in [0.25, 0.3) is 0 Å². The van der Waals surface area contributed by atoms with Crippen molar-refractivity contribution in [2.24, 2.45) is 0 Å². The molecule has 0 aromatic carbocycles. The van der Waals surface area contributed by atoms with Gasteiger partial charge in [0.05, 0.1) is 18.3 Å². The number of rotatable bonds is 3. The van der Waals surface area contributed by atoms with Crippen LogP contribution in [0.5, 0.6) is 0 Å². The van der Waals surface area contributed by atoms with Gasteiger partial charge in [0.15, 0.2) is 0 Å². The number of hydrogen-bond acceptors (Lipinski definition) is 4. The van der Waals surface area contributed by atoms with Crippen LogP contribution in [0, 0.1) is 0 Å². The average Bonchev–Trinajstić information content (AvgIpc) is 2.90. The Kier molecular flexibility index (Phi) is 3.99. The number of hydrogen-bond donors (Lipinski definition) is 2. The summed E-state index contributed by atoms with van der Waals surface area (Å²) in [5.74, 6) is -0.167. The van der Waals surface area contributed by atoms with Crippen molar-refractivity contribution in [2.75, 3.05) is 19.3 Å². The lowest BCUT2D eigenvalue weighted by molar-refractivity contribution is -0.137. The number of nitrogens with one attached hydrogen (secondary N) is 1. The van der Waals surface area contributed by atoms with Gasteiger partial charge >= 0.3 is 0 Å². The van der Waals surface area contributed by atoms with E-state index in [0.29, 0.717) is 17.9 Å². The van der Waals surface area contributed by atoms with Crippen LogP contribution in [0.25, 0.3) is 0 Å². The minimum atomic E-state index is -0.341. The summed E-state index contributed by atoms with van der Waals surface area (Å²) in [4.78, 5) is 29.6. The second kappa shape index (κ2) is 5.69. The van der Waals surface area contributed by atoms with Crippen molar-refractivity contribution in [3.63, 3.8) is 0 Å². The Morgan fingerprint density at radius 2 is 2.32 bits per heavy atom. The summed E-state index contributed by atoms with van der Waals surface area (Å²) in [6.07, 6.45) is 3.32. The number of carbonyl (C=O) groups is 2. The molecule has 19 heavy (non-hydrogen) atoms. The van der Waals surface area contributed by atoms with E-state index in [4.69, 9.17) is 5.73 Å². The maximum absolute atomic E-state index is 12.2. The van der Waals surface area contributed by atoms with Crippen molar-refractivity contribution in [1.29, 1.82) is 0 Å². The summed E-state index contributed by atoms with van der Waals surface area (Å²) in [5.41, 5.74) is 6.79. The van der Waals surface area contributed by atoms with Crippen LogP contribution in [0.3, 0.4) is 0 Å². The van der Waals surface area contributed by atoms with Gasteiger partial charge in [-0.15, -0.1) is 0 Å². The number of anilines is 1. The molecule has 0 saturated carbocycles. The van der Waals surface area contributed by atoms with Crippen molar-refractivity contribution in [2.45, 2.75) is 25.3 Å². The van der Waals surface area contributed by atoms with Crippen LogP contribution in [0.2, 0.25) is 0 Å². The third-order valence-electron chi connectivity index (χ3n) is 3.30. The number of amides is 2. The maximum Gasteiger partial charge on any atom is 0.242 e. The lowest BCUT2D eigenvalue weighted by Crippen LogP contribution is -2.45. The highest BCUT2D eigenvalue weighted by Gasteiger charge is 2.33. The smallest absolute Gasteiger partial charge is 0.242 e. The van der Waals surface area contributed by atoms with Gasteiger partial charge in [-0.2, -0.15) is 0 Å². The van der Waals surface area contributed by atoms with Gasteiger partial charge in [0.1, 0.15) is 6.04 Å².